The van der Waals surface area contributed by atoms with E-state index in [2.05, 4.69) is 5.32 Å². The van der Waals surface area contributed by atoms with Gasteiger partial charge in [0.25, 0.3) is 0 Å². The molecule has 1 aromatic rings. The third-order valence-corrected chi connectivity index (χ3v) is 5.49. The number of rotatable bonds is 4. The Kier molecular flexibility index (Phi) is 4.12. The molecule has 4 heteroatoms. The molecule has 1 aromatic carbocycles. The second-order valence-electron chi connectivity index (χ2n) is 6.49. The SMILES string of the molecule is COc1cc(Cl)c(C)cc1NC(=O)C[C@H]1C[C@@H]2CC[C@@H]1C2. The van der Waals surface area contributed by atoms with Gasteiger partial charge in [0.05, 0.1) is 12.8 Å². The zero-order chi connectivity index (χ0) is 15.0. The summed E-state index contributed by atoms with van der Waals surface area (Å²) in [7, 11) is 1.59. The highest BCUT2D eigenvalue weighted by Gasteiger charge is 2.40. The summed E-state index contributed by atoms with van der Waals surface area (Å²) in [6.45, 7) is 1.92. The van der Waals surface area contributed by atoms with Gasteiger partial charge in [-0.3, -0.25) is 4.79 Å². The molecule has 2 bridgehead atoms. The number of nitrogens with one attached hydrogen (secondary N) is 1. The third kappa shape index (κ3) is 3.03. The molecule has 3 nitrogen and oxygen atoms in total. The molecule has 0 heterocycles. The van der Waals surface area contributed by atoms with Gasteiger partial charge in [0.15, 0.2) is 0 Å². The number of carbonyl (C=O) groups excluding carboxylic acids is 1. The van der Waals surface area contributed by atoms with E-state index in [1.807, 2.05) is 13.0 Å². The summed E-state index contributed by atoms with van der Waals surface area (Å²) in [5, 5.41) is 3.64. The fraction of sp³-hybridized carbons (Fsp3) is 0.588. The molecule has 114 valence electrons. The van der Waals surface area contributed by atoms with E-state index < -0.39 is 0 Å². The number of anilines is 1. The number of fused-ring (bicyclic) bond motifs is 2. The van der Waals surface area contributed by atoms with Crippen molar-refractivity contribution in [3.05, 3.63) is 22.7 Å². The molecule has 3 rings (SSSR count). The highest BCUT2D eigenvalue weighted by Crippen LogP contribution is 2.49. The molecule has 0 unspecified atom stereocenters. The minimum absolute atomic E-state index is 0.0903. The Labute approximate surface area is 131 Å². The minimum atomic E-state index is 0.0903. The number of hydrogen-bond donors (Lipinski definition) is 1. The first-order valence-corrected chi connectivity index (χ1v) is 8.08. The van der Waals surface area contributed by atoms with Crippen LogP contribution in [0.25, 0.3) is 0 Å². The fourth-order valence-electron chi connectivity index (χ4n) is 4.00. The van der Waals surface area contributed by atoms with E-state index in [4.69, 9.17) is 16.3 Å². The van der Waals surface area contributed by atoms with Crippen LogP contribution in [0, 0.1) is 24.7 Å². The van der Waals surface area contributed by atoms with Crippen LogP contribution in [-0.2, 0) is 4.79 Å². The van der Waals surface area contributed by atoms with E-state index in [0.29, 0.717) is 28.8 Å². The van der Waals surface area contributed by atoms with E-state index in [1.54, 1.807) is 13.2 Å². The Hall–Kier alpha value is -1.22. The van der Waals surface area contributed by atoms with Crippen LogP contribution in [0.2, 0.25) is 5.02 Å². The van der Waals surface area contributed by atoms with Gasteiger partial charge in [-0.05, 0) is 55.6 Å². The molecule has 0 saturated heterocycles. The van der Waals surface area contributed by atoms with Gasteiger partial charge >= 0.3 is 0 Å². The van der Waals surface area contributed by atoms with E-state index in [-0.39, 0.29) is 5.91 Å². The van der Waals surface area contributed by atoms with Gasteiger partial charge in [-0.1, -0.05) is 18.0 Å². The molecule has 2 aliphatic carbocycles. The Morgan fingerprint density at radius 3 is 2.81 bits per heavy atom. The molecule has 3 atom stereocenters. The topological polar surface area (TPSA) is 38.3 Å². The smallest absolute Gasteiger partial charge is 0.224 e. The first-order chi connectivity index (χ1) is 10.1. The van der Waals surface area contributed by atoms with E-state index in [0.717, 1.165) is 17.4 Å². The molecular weight excluding hydrogens is 286 g/mol. The zero-order valence-electron chi connectivity index (χ0n) is 12.6. The third-order valence-electron chi connectivity index (χ3n) is 5.09. The van der Waals surface area contributed by atoms with Crippen LogP contribution in [0.3, 0.4) is 0 Å². The van der Waals surface area contributed by atoms with Crippen molar-refractivity contribution in [2.24, 2.45) is 17.8 Å². The van der Waals surface area contributed by atoms with Gasteiger partial charge in [0, 0.05) is 17.5 Å². The standard InChI is InChI=1S/C17H22ClNO2/c1-10-5-15(16(21-2)9-14(10)18)19-17(20)8-13-7-11-3-4-12(13)6-11/h5,9,11-13H,3-4,6-8H2,1-2H3,(H,19,20)/t11-,12-,13-/m1/s1. The average Bonchev–Trinajstić information content (AvgIpc) is 3.05. The van der Waals surface area contributed by atoms with Crippen molar-refractivity contribution in [3.63, 3.8) is 0 Å². The molecule has 21 heavy (non-hydrogen) atoms. The number of hydrogen-bond acceptors (Lipinski definition) is 2. The molecule has 2 saturated carbocycles. The lowest BCUT2D eigenvalue weighted by molar-refractivity contribution is -0.117. The van der Waals surface area contributed by atoms with Crippen LogP contribution in [0.5, 0.6) is 5.75 Å². The number of amides is 1. The number of halogens is 1. The summed E-state index contributed by atoms with van der Waals surface area (Å²) in [5.74, 6) is 2.93. The largest absolute Gasteiger partial charge is 0.495 e. The highest BCUT2D eigenvalue weighted by atomic mass is 35.5. The van der Waals surface area contributed by atoms with Gasteiger partial charge in [0.2, 0.25) is 5.91 Å². The average molecular weight is 308 g/mol. The minimum Gasteiger partial charge on any atom is -0.495 e. The number of aryl methyl sites for hydroxylation is 1. The summed E-state index contributed by atoms with van der Waals surface area (Å²) in [4.78, 5) is 12.3. The quantitative estimate of drug-likeness (QED) is 0.894. The lowest BCUT2D eigenvalue weighted by Gasteiger charge is -2.21. The second kappa shape index (κ2) is 5.88. The molecule has 0 spiro atoms. The molecule has 0 aromatic heterocycles. The highest BCUT2D eigenvalue weighted by molar-refractivity contribution is 6.31. The normalized spacial score (nSPS) is 26.9. The Balaban J connectivity index is 1.66. The van der Waals surface area contributed by atoms with Crippen molar-refractivity contribution in [3.8, 4) is 5.75 Å². The maximum absolute atomic E-state index is 12.3. The van der Waals surface area contributed by atoms with Crippen LogP contribution >= 0.6 is 11.6 Å². The van der Waals surface area contributed by atoms with E-state index in [1.165, 1.54) is 25.7 Å². The lowest BCUT2D eigenvalue weighted by atomic mass is 9.86. The Morgan fingerprint density at radius 1 is 1.38 bits per heavy atom. The maximum Gasteiger partial charge on any atom is 0.224 e. The van der Waals surface area contributed by atoms with E-state index in [9.17, 15) is 4.79 Å². The van der Waals surface area contributed by atoms with Gasteiger partial charge in [-0.15, -0.1) is 0 Å². The fourth-order valence-corrected chi connectivity index (χ4v) is 4.15. The molecule has 2 aliphatic rings. The number of ether oxygens (including phenoxy) is 1. The monoisotopic (exact) mass is 307 g/mol. The van der Waals surface area contributed by atoms with Crippen LogP contribution in [-0.4, -0.2) is 13.0 Å². The molecule has 2 fully saturated rings. The first kappa shape index (κ1) is 14.7. The maximum atomic E-state index is 12.3. The van der Waals surface area contributed by atoms with Crippen molar-refractivity contribution >= 4 is 23.2 Å². The Morgan fingerprint density at radius 2 is 2.19 bits per heavy atom. The van der Waals surface area contributed by atoms with Crippen LogP contribution < -0.4 is 10.1 Å². The van der Waals surface area contributed by atoms with Crippen molar-refractivity contribution < 1.29 is 9.53 Å². The summed E-state index contributed by atoms with van der Waals surface area (Å²) >= 11 is 6.09. The molecule has 1 N–H and O–H groups in total. The molecular formula is C17H22ClNO2. The molecule has 0 aliphatic heterocycles. The Bertz CT molecular complexity index is 558. The first-order valence-electron chi connectivity index (χ1n) is 7.70. The van der Waals surface area contributed by atoms with Crippen LogP contribution in [0.15, 0.2) is 12.1 Å². The molecule has 0 radical (unpaired) electrons. The van der Waals surface area contributed by atoms with E-state index >= 15 is 0 Å². The summed E-state index contributed by atoms with van der Waals surface area (Å²) in [6.07, 6.45) is 5.88. The van der Waals surface area contributed by atoms with Crippen molar-refractivity contribution in [1.29, 1.82) is 0 Å². The van der Waals surface area contributed by atoms with Crippen molar-refractivity contribution in [2.45, 2.75) is 39.0 Å². The lowest BCUT2D eigenvalue weighted by Crippen LogP contribution is -2.20. The van der Waals surface area contributed by atoms with Crippen molar-refractivity contribution in [2.75, 3.05) is 12.4 Å². The van der Waals surface area contributed by atoms with Crippen LogP contribution in [0.1, 0.15) is 37.7 Å². The predicted molar refractivity (Wildman–Crippen MR) is 84.9 cm³/mol. The van der Waals surface area contributed by atoms with Crippen LogP contribution in [0.4, 0.5) is 5.69 Å². The van der Waals surface area contributed by atoms with Gasteiger partial charge in [-0.2, -0.15) is 0 Å². The van der Waals surface area contributed by atoms with Crippen molar-refractivity contribution in [1.82, 2.24) is 0 Å². The molecule has 1 amide bonds. The number of benzene rings is 1. The second-order valence-corrected chi connectivity index (χ2v) is 6.90. The summed E-state index contributed by atoms with van der Waals surface area (Å²) in [6, 6.07) is 3.63. The predicted octanol–water partition coefficient (Wildman–Crippen LogP) is 4.42. The zero-order valence-corrected chi connectivity index (χ0v) is 13.4. The summed E-state index contributed by atoms with van der Waals surface area (Å²) in [5.41, 5.74) is 1.65. The number of carbonyl (C=O) groups is 1. The van der Waals surface area contributed by atoms with Gasteiger partial charge in [0.1, 0.15) is 5.75 Å². The summed E-state index contributed by atoms with van der Waals surface area (Å²) < 4.78 is 5.30. The van der Waals surface area contributed by atoms with Gasteiger partial charge in [-0.25, -0.2) is 0 Å². The number of methoxy groups -OCH3 is 1. The van der Waals surface area contributed by atoms with Gasteiger partial charge < -0.3 is 10.1 Å².